The molecule has 1 heterocycles. The number of nitrogens with zero attached hydrogens (tertiary/aromatic N) is 2. The molecule has 98 valence electrons. The first-order chi connectivity index (χ1) is 8.74. The van der Waals surface area contributed by atoms with Gasteiger partial charge in [-0.1, -0.05) is 6.07 Å². The van der Waals surface area contributed by atoms with Crippen molar-refractivity contribution in [2.24, 2.45) is 5.84 Å². The maximum atomic E-state index is 11.2. The zero-order valence-electron chi connectivity index (χ0n) is 9.96. The van der Waals surface area contributed by atoms with Crippen LogP contribution in [-0.2, 0) is 0 Å². The lowest BCUT2D eigenvalue weighted by Gasteiger charge is -2.22. The van der Waals surface area contributed by atoms with Crippen LogP contribution in [0.25, 0.3) is 0 Å². The summed E-state index contributed by atoms with van der Waals surface area (Å²) < 4.78 is 0. The van der Waals surface area contributed by atoms with Gasteiger partial charge in [0.1, 0.15) is 11.4 Å². The highest BCUT2D eigenvalue weighted by Crippen LogP contribution is 2.35. The Morgan fingerprint density at radius 1 is 1.39 bits per heavy atom. The third kappa shape index (κ3) is 2.68. The number of benzene rings is 1. The van der Waals surface area contributed by atoms with Crippen molar-refractivity contribution in [1.82, 2.24) is 0 Å². The van der Waals surface area contributed by atoms with Crippen molar-refractivity contribution < 1.29 is 4.92 Å². The van der Waals surface area contributed by atoms with Crippen LogP contribution in [0.15, 0.2) is 18.2 Å². The number of anilines is 2. The fraction of sp³-hybridized carbons (Fsp3) is 0.455. The minimum Gasteiger partial charge on any atom is -0.365 e. The van der Waals surface area contributed by atoms with E-state index in [0.29, 0.717) is 11.4 Å². The van der Waals surface area contributed by atoms with E-state index in [2.05, 4.69) is 10.3 Å². The lowest BCUT2D eigenvalue weighted by molar-refractivity contribution is -0.383. The molecule has 1 saturated heterocycles. The number of hydrazine groups is 1. The maximum Gasteiger partial charge on any atom is 0.316 e. The maximum absolute atomic E-state index is 11.2. The predicted octanol–water partition coefficient (Wildman–Crippen LogP) is 1.82. The summed E-state index contributed by atoms with van der Waals surface area (Å²) in [5.74, 6) is 7.45. The number of hydrogen-bond donors (Lipinski definition) is 2. The summed E-state index contributed by atoms with van der Waals surface area (Å²) in [6, 6.07) is 5.19. The number of thioether (sulfide) groups is 1. The van der Waals surface area contributed by atoms with E-state index in [9.17, 15) is 10.1 Å². The Bertz CT molecular complexity index is 433. The molecule has 7 heteroatoms. The zero-order valence-corrected chi connectivity index (χ0v) is 10.8. The first kappa shape index (κ1) is 13.0. The fourth-order valence-corrected chi connectivity index (χ4v) is 2.97. The average molecular weight is 268 g/mol. The second-order valence-corrected chi connectivity index (χ2v) is 5.25. The van der Waals surface area contributed by atoms with Crippen molar-refractivity contribution in [2.45, 2.75) is 6.42 Å². The first-order valence-electron chi connectivity index (χ1n) is 5.80. The monoisotopic (exact) mass is 268 g/mol. The Balaban J connectivity index is 2.38. The number of nitro benzene ring substituents is 1. The Hall–Kier alpha value is -1.47. The number of rotatable bonds is 3. The molecule has 0 saturated carbocycles. The summed E-state index contributed by atoms with van der Waals surface area (Å²) in [6.45, 7) is 1.68. The van der Waals surface area contributed by atoms with Crippen molar-refractivity contribution in [3.8, 4) is 0 Å². The van der Waals surface area contributed by atoms with Crippen LogP contribution in [0.2, 0.25) is 0 Å². The average Bonchev–Trinajstić information content (AvgIpc) is 2.66. The molecule has 0 aromatic heterocycles. The largest absolute Gasteiger partial charge is 0.365 e. The quantitative estimate of drug-likeness (QED) is 0.494. The molecule has 0 amide bonds. The van der Waals surface area contributed by atoms with Gasteiger partial charge >= 0.3 is 5.69 Å². The summed E-state index contributed by atoms with van der Waals surface area (Å²) in [5.41, 5.74) is 3.47. The van der Waals surface area contributed by atoms with E-state index in [1.807, 2.05) is 11.8 Å². The molecule has 1 aromatic rings. The van der Waals surface area contributed by atoms with Crippen LogP contribution in [0.4, 0.5) is 17.1 Å². The standard InChI is InChI=1S/C11H16N4O2S/c12-13-9-3-1-4-10(11(9)15(16)17)14-5-2-7-18-8-6-14/h1,3-4,13H,2,5-8,12H2. The van der Waals surface area contributed by atoms with Crippen molar-refractivity contribution in [3.05, 3.63) is 28.3 Å². The van der Waals surface area contributed by atoms with Crippen molar-refractivity contribution in [1.29, 1.82) is 0 Å². The fourth-order valence-electron chi connectivity index (χ4n) is 2.08. The van der Waals surface area contributed by atoms with Crippen molar-refractivity contribution >= 4 is 28.8 Å². The molecule has 1 fully saturated rings. The Labute approximate surface area is 110 Å². The van der Waals surface area contributed by atoms with Crippen LogP contribution in [0.3, 0.4) is 0 Å². The van der Waals surface area contributed by atoms with Crippen molar-refractivity contribution in [3.63, 3.8) is 0 Å². The highest BCUT2D eigenvalue weighted by Gasteiger charge is 2.23. The highest BCUT2D eigenvalue weighted by atomic mass is 32.2. The van der Waals surface area contributed by atoms with Crippen LogP contribution < -0.4 is 16.2 Å². The van der Waals surface area contributed by atoms with Gasteiger partial charge in [0.15, 0.2) is 0 Å². The summed E-state index contributed by atoms with van der Waals surface area (Å²) in [7, 11) is 0. The molecule has 0 bridgehead atoms. The zero-order chi connectivity index (χ0) is 13.0. The molecule has 3 N–H and O–H groups in total. The Morgan fingerprint density at radius 2 is 2.22 bits per heavy atom. The normalized spacial score (nSPS) is 16.2. The molecule has 2 rings (SSSR count). The lowest BCUT2D eigenvalue weighted by atomic mass is 10.2. The first-order valence-corrected chi connectivity index (χ1v) is 6.96. The molecule has 0 radical (unpaired) electrons. The number of nitrogen functional groups attached to an aromatic ring is 1. The van der Waals surface area contributed by atoms with E-state index >= 15 is 0 Å². The van der Waals surface area contributed by atoms with Crippen LogP contribution in [-0.4, -0.2) is 29.5 Å². The smallest absolute Gasteiger partial charge is 0.316 e. The van der Waals surface area contributed by atoms with E-state index in [0.717, 1.165) is 31.0 Å². The van der Waals surface area contributed by atoms with Crippen LogP contribution in [0.5, 0.6) is 0 Å². The van der Waals surface area contributed by atoms with Crippen LogP contribution in [0, 0.1) is 10.1 Å². The highest BCUT2D eigenvalue weighted by molar-refractivity contribution is 7.99. The van der Waals surface area contributed by atoms with E-state index < -0.39 is 0 Å². The second kappa shape index (κ2) is 5.92. The van der Waals surface area contributed by atoms with Crippen LogP contribution >= 0.6 is 11.8 Å². The SMILES string of the molecule is NNc1cccc(N2CCCSCC2)c1[N+](=O)[O-]. The van der Waals surface area contributed by atoms with Gasteiger partial charge in [0.2, 0.25) is 0 Å². The number of para-hydroxylation sites is 1. The van der Waals surface area contributed by atoms with Gasteiger partial charge in [-0.25, -0.2) is 0 Å². The molecule has 6 nitrogen and oxygen atoms in total. The third-order valence-electron chi connectivity index (χ3n) is 2.92. The van der Waals surface area contributed by atoms with Gasteiger partial charge in [-0.3, -0.25) is 16.0 Å². The predicted molar refractivity (Wildman–Crippen MR) is 75.1 cm³/mol. The van der Waals surface area contributed by atoms with E-state index in [1.54, 1.807) is 18.2 Å². The molecular weight excluding hydrogens is 252 g/mol. The number of nitrogens with two attached hydrogens (primary N) is 1. The molecule has 1 aliphatic rings. The lowest BCUT2D eigenvalue weighted by Crippen LogP contribution is -2.26. The van der Waals surface area contributed by atoms with Crippen LogP contribution in [0.1, 0.15) is 6.42 Å². The Kier molecular flexibility index (Phi) is 4.27. The van der Waals surface area contributed by atoms with Gasteiger partial charge in [0.25, 0.3) is 0 Å². The van der Waals surface area contributed by atoms with Crippen molar-refractivity contribution in [2.75, 3.05) is 34.9 Å². The molecule has 1 aromatic carbocycles. The summed E-state index contributed by atoms with van der Waals surface area (Å²) in [4.78, 5) is 12.9. The second-order valence-electron chi connectivity index (χ2n) is 4.03. The van der Waals surface area contributed by atoms with E-state index in [4.69, 9.17) is 5.84 Å². The van der Waals surface area contributed by atoms with Gasteiger partial charge in [-0.2, -0.15) is 11.8 Å². The minimum atomic E-state index is -0.372. The number of nitrogens with one attached hydrogen (secondary N) is 1. The number of hydrogen-bond acceptors (Lipinski definition) is 6. The summed E-state index contributed by atoms with van der Waals surface area (Å²) in [5, 5.41) is 11.2. The molecule has 18 heavy (non-hydrogen) atoms. The van der Waals surface area contributed by atoms with E-state index in [1.165, 1.54) is 0 Å². The Morgan fingerprint density at radius 3 is 2.94 bits per heavy atom. The van der Waals surface area contributed by atoms with Gasteiger partial charge in [-0.15, -0.1) is 0 Å². The molecule has 0 atom stereocenters. The van der Waals surface area contributed by atoms with Gasteiger partial charge in [0, 0.05) is 18.8 Å². The number of nitro groups is 1. The molecule has 1 aliphatic heterocycles. The van der Waals surface area contributed by atoms with Gasteiger partial charge in [0.05, 0.1) is 4.92 Å². The minimum absolute atomic E-state index is 0.0619. The van der Waals surface area contributed by atoms with E-state index in [-0.39, 0.29) is 10.6 Å². The molecule has 0 aliphatic carbocycles. The summed E-state index contributed by atoms with van der Waals surface area (Å²) in [6.07, 6.45) is 1.04. The molecular formula is C11H16N4O2S. The molecule has 0 unspecified atom stereocenters. The summed E-state index contributed by atoms with van der Waals surface area (Å²) >= 11 is 1.89. The molecule has 0 spiro atoms. The topological polar surface area (TPSA) is 84.4 Å². The van der Waals surface area contributed by atoms with Gasteiger partial charge in [-0.05, 0) is 24.3 Å². The van der Waals surface area contributed by atoms with Gasteiger partial charge < -0.3 is 10.3 Å². The third-order valence-corrected chi connectivity index (χ3v) is 3.96.